The number of pyridine rings is 1. The van der Waals surface area contributed by atoms with E-state index in [0.717, 1.165) is 67.0 Å². The van der Waals surface area contributed by atoms with Gasteiger partial charge in [-0.25, -0.2) is 15.0 Å². The minimum atomic E-state index is 0.717. The zero-order valence-electron chi connectivity index (χ0n) is 27.5. The van der Waals surface area contributed by atoms with Crippen molar-refractivity contribution in [2.45, 2.75) is 0 Å². The van der Waals surface area contributed by atoms with Crippen LogP contribution in [0.3, 0.4) is 0 Å². The van der Waals surface area contributed by atoms with Gasteiger partial charge in [0, 0.05) is 58.6 Å². The fourth-order valence-electron chi connectivity index (χ4n) is 7.28. The minimum absolute atomic E-state index is 0.717. The van der Waals surface area contributed by atoms with E-state index in [1.165, 1.54) is 31.1 Å². The van der Waals surface area contributed by atoms with Crippen molar-refractivity contribution >= 4 is 53.2 Å². The van der Waals surface area contributed by atoms with Crippen molar-refractivity contribution in [3.05, 3.63) is 176 Å². The molecule has 238 valence electrons. The van der Waals surface area contributed by atoms with Crippen LogP contribution in [0, 0.1) is 0 Å². The molecule has 0 aliphatic rings. The van der Waals surface area contributed by atoms with E-state index < -0.39 is 0 Å². The molecule has 3 aromatic heterocycles. The van der Waals surface area contributed by atoms with E-state index in [9.17, 15) is 0 Å². The Hall–Kier alpha value is -6.49. The Morgan fingerprint density at radius 3 is 1.76 bits per heavy atom. The second-order valence-electron chi connectivity index (χ2n) is 12.8. The summed E-state index contributed by atoms with van der Waals surface area (Å²) in [5, 5.41) is 6.00. The van der Waals surface area contributed by atoms with E-state index >= 15 is 0 Å². The highest BCUT2D eigenvalue weighted by Crippen LogP contribution is 2.46. The third-order valence-electron chi connectivity index (χ3n) is 9.67. The van der Waals surface area contributed by atoms with E-state index in [1.807, 2.05) is 17.4 Å². The third-order valence-corrected chi connectivity index (χ3v) is 10.9. The predicted octanol–water partition coefficient (Wildman–Crippen LogP) is 12.9. The summed E-state index contributed by atoms with van der Waals surface area (Å²) in [7, 11) is 0. The molecule has 51 heavy (non-hydrogen) atoms. The summed E-state index contributed by atoms with van der Waals surface area (Å²) in [5.74, 6) is 0.717. The maximum absolute atomic E-state index is 5.31. The highest BCUT2D eigenvalue weighted by Gasteiger charge is 2.20. The van der Waals surface area contributed by atoms with Gasteiger partial charge in [0.15, 0.2) is 5.82 Å². The van der Waals surface area contributed by atoms with E-state index in [-0.39, 0.29) is 0 Å². The lowest BCUT2D eigenvalue weighted by Gasteiger charge is -2.12. The highest BCUT2D eigenvalue weighted by atomic mass is 32.1. The first kappa shape index (κ1) is 29.4. The molecule has 0 saturated heterocycles. The predicted molar refractivity (Wildman–Crippen MR) is 215 cm³/mol. The molecule has 0 aliphatic carbocycles. The largest absolute Gasteiger partial charge is 0.247 e. The average Bonchev–Trinajstić information content (AvgIpc) is 3.60. The molecule has 7 aromatic carbocycles. The Kier molecular flexibility index (Phi) is 7.00. The van der Waals surface area contributed by atoms with E-state index in [1.54, 1.807) is 0 Å². The van der Waals surface area contributed by atoms with E-state index in [4.69, 9.17) is 15.0 Å². The molecule has 0 fully saturated rings. The lowest BCUT2D eigenvalue weighted by Crippen LogP contribution is -1.96. The number of rotatable bonds is 5. The molecular weight excluding hydrogens is 639 g/mol. The highest BCUT2D eigenvalue weighted by molar-refractivity contribution is 7.26. The SMILES string of the molecule is c1ccc(-c2cccc(-c3cc(-c4ccccc4)nc(-c4cccc5c4sc4ccc6c(-c7ccccc7)nc7ccccc7c6c45)n3)c2)cc1. The van der Waals surface area contributed by atoms with Crippen LogP contribution in [0.25, 0.3) is 98.1 Å². The molecule has 0 bridgehead atoms. The Balaban J connectivity index is 1.23. The van der Waals surface area contributed by atoms with Gasteiger partial charge in [0.1, 0.15) is 0 Å². The number of fused-ring (bicyclic) bond motifs is 7. The fourth-order valence-corrected chi connectivity index (χ4v) is 8.50. The zero-order chi connectivity index (χ0) is 33.7. The van der Waals surface area contributed by atoms with Gasteiger partial charge in [-0.3, -0.25) is 0 Å². The summed E-state index contributed by atoms with van der Waals surface area (Å²) in [6, 6.07) is 61.8. The number of hydrogen-bond donors (Lipinski definition) is 0. The van der Waals surface area contributed by atoms with Gasteiger partial charge in [-0.2, -0.15) is 0 Å². The first-order valence-corrected chi connectivity index (χ1v) is 17.9. The smallest absolute Gasteiger partial charge is 0.161 e. The summed E-state index contributed by atoms with van der Waals surface area (Å²) >= 11 is 1.81. The van der Waals surface area contributed by atoms with Gasteiger partial charge in [0.05, 0.1) is 22.6 Å². The average molecular weight is 668 g/mol. The van der Waals surface area contributed by atoms with Gasteiger partial charge in [-0.1, -0.05) is 146 Å². The summed E-state index contributed by atoms with van der Waals surface area (Å²) in [4.78, 5) is 15.8. The molecule has 10 rings (SSSR count). The maximum atomic E-state index is 5.31. The topological polar surface area (TPSA) is 38.7 Å². The number of aromatic nitrogens is 3. The molecule has 0 N–H and O–H groups in total. The first-order valence-electron chi connectivity index (χ1n) is 17.1. The second kappa shape index (κ2) is 12.1. The van der Waals surface area contributed by atoms with Crippen molar-refractivity contribution in [2.75, 3.05) is 0 Å². The Labute approximate surface area is 299 Å². The maximum Gasteiger partial charge on any atom is 0.161 e. The molecule has 0 atom stereocenters. The summed E-state index contributed by atoms with van der Waals surface area (Å²) in [6.07, 6.45) is 0. The van der Waals surface area contributed by atoms with Crippen LogP contribution in [-0.4, -0.2) is 15.0 Å². The van der Waals surface area contributed by atoms with Crippen molar-refractivity contribution in [3.63, 3.8) is 0 Å². The van der Waals surface area contributed by atoms with Crippen LogP contribution in [0.2, 0.25) is 0 Å². The lowest BCUT2D eigenvalue weighted by molar-refractivity contribution is 1.19. The number of hydrogen-bond acceptors (Lipinski definition) is 4. The Morgan fingerprint density at radius 2 is 0.980 bits per heavy atom. The summed E-state index contributed by atoms with van der Waals surface area (Å²) in [5.41, 5.74) is 10.4. The zero-order valence-corrected chi connectivity index (χ0v) is 28.3. The van der Waals surface area contributed by atoms with Crippen molar-refractivity contribution < 1.29 is 0 Å². The van der Waals surface area contributed by atoms with E-state index in [0.29, 0.717) is 0 Å². The number of nitrogens with zero attached hydrogens (tertiary/aromatic N) is 3. The molecule has 3 heterocycles. The second-order valence-corrected chi connectivity index (χ2v) is 13.8. The Morgan fingerprint density at radius 1 is 0.373 bits per heavy atom. The number of benzene rings is 7. The molecule has 0 radical (unpaired) electrons. The van der Waals surface area contributed by atoms with E-state index in [2.05, 4.69) is 170 Å². The molecule has 0 amide bonds. The van der Waals surface area contributed by atoms with Crippen LogP contribution in [0.15, 0.2) is 176 Å². The van der Waals surface area contributed by atoms with Crippen LogP contribution in [-0.2, 0) is 0 Å². The minimum Gasteiger partial charge on any atom is -0.247 e. The third kappa shape index (κ3) is 5.08. The molecule has 3 nitrogen and oxygen atoms in total. The molecule has 0 saturated carbocycles. The first-order chi connectivity index (χ1) is 25.3. The fraction of sp³-hybridized carbons (Fsp3) is 0. The van der Waals surface area contributed by atoms with Crippen LogP contribution >= 0.6 is 11.3 Å². The van der Waals surface area contributed by atoms with Gasteiger partial charge in [-0.15, -0.1) is 11.3 Å². The van der Waals surface area contributed by atoms with Gasteiger partial charge in [0.25, 0.3) is 0 Å². The van der Waals surface area contributed by atoms with Crippen LogP contribution in [0.5, 0.6) is 0 Å². The molecule has 4 heteroatoms. The Bertz CT molecular complexity index is 2900. The van der Waals surface area contributed by atoms with Crippen molar-refractivity contribution in [2.24, 2.45) is 0 Å². The van der Waals surface area contributed by atoms with Crippen molar-refractivity contribution in [3.8, 4) is 56.3 Å². The molecule has 10 aromatic rings. The monoisotopic (exact) mass is 667 g/mol. The summed E-state index contributed by atoms with van der Waals surface area (Å²) in [6.45, 7) is 0. The molecule has 0 spiro atoms. The normalized spacial score (nSPS) is 11.5. The quantitative estimate of drug-likeness (QED) is 0.171. The van der Waals surface area contributed by atoms with Gasteiger partial charge in [0.2, 0.25) is 0 Å². The number of thiophene rings is 1. The van der Waals surface area contributed by atoms with Crippen LogP contribution in [0.1, 0.15) is 0 Å². The van der Waals surface area contributed by atoms with Crippen molar-refractivity contribution in [1.82, 2.24) is 15.0 Å². The standard InChI is InChI=1S/C47H29N3S/c1-4-14-30(15-5-1)33-20-12-21-34(28-33)41-29-40(31-16-6-2-7-17-31)49-47(50-41)38-24-13-23-37-44-42(51-46(37)38)27-26-36-43(44)35-22-10-11-25-39(35)48-45(36)32-18-8-3-9-19-32/h1-29H. The van der Waals surface area contributed by atoms with Crippen LogP contribution < -0.4 is 0 Å². The molecule has 0 aliphatic heterocycles. The molecular formula is C47H29N3S. The summed E-state index contributed by atoms with van der Waals surface area (Å²) < 4.78 is 2.41. The van der Waals surface area contributed by atoms with Gasteiger partial charge >= 0.3 is 0 Å². The van der Waals surface area contributed by atoms with Crippen molar-refractivity contribution in [1.29, 1.82) is 0 Å². The molecule has 0 unspecified atom stereocenters. The van der Waals surface area contributed by atoms with Crippen LogP contribution in [0.4, 0.5) is 0 Å². The van der Waals surface area contributed by atoms with Gasteiger partial charge in [-0.05, 0) is 41.5 Å². The number of para-hydroxylation sites is 1. The van der Waals surface area contributed by atoms with Gasteiger partial charge < -0.3 is 0 Å². The lowest BCUT2D eigenvalue weighted by atomic mass is 9.96.